The second kappa shape index (κ2) is 5.99. The Hall–Kier alpha value is -1.31. The number of carbonyl (C=O) groups is 1. The van der Waals surface area contributed by atoms with E-state index in [0.29, 0.717) is 5.92 Å². The van der Waals surface area contributed by atoms with Crippen LogP contribution in [0.2, 0.25) is 0 Å². The minimum Gasteiger partial charge on any atom is -0.469 e. The third kappa shape index (κ3) is 3.23. The van der Waals surface area contributed by atoms with Crippen LogP contribution in [-0.2, 0) is 14.9 Å². The van der Waals surface area contributed by atoms with Gasteiger partial charge in [0.25, 0.3) is 0 Å². The van der Waals surface area contributed by atoms with Gasteiger partial charge in [0.05, 0.1) is 13.0 Å². The summed E-state index contributed by atoms with van der Waals surface area (Å²) in [7, 11) is 1.50. The van der Waals surface area contributed by atoms with Gasteiger partial charge in [-0.15, -0.1) is 0 Å². The Kier molecular flexibility index (Phi) is 4.52. The van der Waals surface area contributed by atoms with Gasteiger partial charge in [-0.3, -0.25) is 4.79 Å². The minimum atomic E-state index is -0.0467. The number of esters is 1. The van der Waals surface area contributed by atoms with Gasteiger partial charge in [-0.05, 0) is 35.3 Å². The number of benzene rings is 1. The first-order chi connectivity index (χ1) is 9.43. The molecular formula is C18H26O2. The van der Waals surface area contributed by atoms with E-state index in [4.69, 9.17) is 4.74 Å². The molecule has 0 radical (unpaired) electrons. The molecule has 0 bridgehead atoms. The van der Waals surface area contributed by atoms with Crippen molar-refractivity contribution in [1.29, 1.82) is 0 Å². The van der Waals surface area contributed by atoms with Crippen LogP contribution in [-0.4, -0.2) is 13.1 Å². The molecule has 0 N–H and O–H groups in total. The molecule has 0 spiro atoms. The Labute approximate surface area is 122 Å². The van der Waals surface area contributed by atoms with Gasteiger partial charge in [0.2, 0.25) is 0 Å². The van der Waals surface area contributed by atoms with E-state index in [-0.39, 0.29) is 17.3 Å². The summed E-state index contributed by atoms with van der Waals surface area (Å²) in [6.45, 7) is 6.67. The standard InChI is InChI=1S/C18H26O2/c1-18(2,3)14-11-9-13(10-12-14)15-7-5-6-8-16(15)17(19)20-4/h9-12,15-16H,5-8H2,1-4H3/t15-,16-/m1/s1. The Morgan fingerprint density at radius 1 is 1.10 bits per heavy atom. The van der Waals surface area contributed by atoms with Crippen molar-refractivity contribution in [3.05, 3.63) is 35.4 Å². The van der Waals surface area contributed by atoms with Crippen LogP contribution < -0.4 is 0 Å². The Balaban J connectivity index is 2.22. The zero-order valence-corrected chi connectivity index (χ0v) is 13.1. The zero-order chi connectivity index (χ0) is 14.8. The number of hydrogen-bond donors (Lipinski definition) is 0. The zero-order valence-electron chi connectivity index (χ0n) is 13.1. The molecule has 0 amide bonds. The fourth-order valence-corrected chi connectivity index (χ4v) is 3.19. The van der Waals surface area contributed by atoms with Crippen molar-refractivity contribution < 1.29 is 9.53 Å². The van der Waals surface area contributed by atoms with E-state index in [9.17, 15) is 4.79 Å². The maximum absolute atomic E-state index is 12.0. The van der Waals surface area contributed by atoms with Crippen molar-refractivity contribution in [1.82, 2.24) is 0 Å². The molecule has 1 saturated carbocycles. The van der Waals surface area contributed by atoms with Gasteiger partial charge in [0.15, 0.2) is 0 Å². The summed E-state index contributed by atoms with van der Waals surface area (Å²) in [4.78, 5) is 12.0. The van der Waals surface area contributed by atoms with Crippen molar-refractivity contribution in [2.75, 3.05) is 7.11 Å². The Morgan fingerprint density at radius 2 is 1.70 bits per heavy atom. The van der Waals surface area contributed by atoms with Crippen molar-refractivity contribution in [3.63, 3.8) is 0 Å². The summed E-state index contributed by atoms with van der Waals surface area (Å²) in [6.07, 6.45) is 4.39. The average Bonchev–Trinajstić information content (AvgIpc) is 2.45. The lowest BCUT2D eigenvalue weighted by molar-refractivity contribution is -0.147. The first kappa shape index (κ1) is 15.1. The lowest BCUT2D eigenvalue weighted by atomic mass is 9.75. The van der Waals surface area contributed by atoms with Crippen LogP contribution >= 0.6 is 0 Å². The lowest BCUT2D eigenvalue weighted by Crippen LogP contribution is -2.26. The van der Waals surface area contributed by atoms with Crippen molar-refractivity contribution in [2.24, 2.45) is 5.92 Å². The first-order valence-corrected chi connectivity index (χ1v) is 7.62. The van der Waals surface area contributed by atoms with Gasteiger partial charge in [-0.2, -0.15) is 0 Å². The predicted molar refractivity (Wildman–Crippen MR) is 81.9 cm³/mol. The van der Waals surface area contributed by atoms with Gasteiger partial charge in [0.1, 0.15) is 0 Å². The summed E-state index contributed by atoms with van der Waals surface area (Å²) in [5.74, 6) is 0.314. The molecule has 1 aliphatic rings. The molecule has 110 valence electrons. The van der Waals surface area contributed by atoms with Crippen molar-refractivity contribution in [3.8, 4) is 0 Å². The molecule has 0 unspecified atom stereocenters. The molecule has 1 aromatic rings. The van der Waals surface area contributed by atoms with Gasteiger partial charge >= 0.3 is 5.97 Å². The summed E-state index contributed by atoms with van der Waals surface area (Å²) in [5, 5.41) is 0. The highest BCUT2D eigenvalue weighted by Gasteiger charge is 2.32. The second-order valence-corrected chi connectivity index (χ2v) is 6.89. The van der Waals surface area contributed by atoms with Crippen LogP contribution in [0.4, 0.5) is 0 Å². The summed E-state index contributed by atoms with van der Waals surface area (Å²) in [5.41, 5.74) is 2.80. The quantitative estimate of drug-likeness (QED) is 0.746. The van der Waals surface area contributed by atoms with Gasteiger partial charge in [0, 0.05) is 0 Å². The van der Waals surface area contributed by atoms with E-state index in [2.05, 4.69) is 45.0 Å². The molecule has 1 fully saturated rings. The van der Waals surface area contributed by atoms with Crippen LogP contribution in [0.1, 0.15) is 63.5 Å². The fraction of sp³-hybridized carbons (Fsp3) is 0.611. The molecule has 0 saturated heterocycles. The molecule has 2 heteroatoms. The molecule has 2 nitrogen and oxygen atoms in total. The maximum Gasteiger partial charge on any atom is 0.309 e. The molecule has 2 rings (SSSR count). The molecule has 0 heterocycles. The van der Waals surface area contributed by atoms with Gasteiger partial charge < -0.3 is 4.74 Å². The number of rotatable bonds is 2. The average molecular weight is 274 g/mol. The molecule has 1 aliphatic carbocycles. The smallest absolute Gasteiger partial charge is 0.309 e. The van der Waals surface area contributed by atoms with Crippen LogP contribution in [0.25, 0.3) is 0 Å². The molecule has 1 aromatic carbocycles. The van der Waals surface area contributed by atoms with Gasteiger partial charge in [-0.25, -0.2) is 0 Å². The third-order valence-electron chi connectivity index (χ3n) is 4.47. The van der Waals surface area contributed by atoms with Gasteiger partial charge in [-0.1, -0.05) is 57.9 Å². The Morgan fingerprint density at radius 3 is 2.25 bits per heavy atom. The normalized spacial score (nSPS) is 23.4. The molecule has 0 aromatic heterocycles. The summed E-state index contributed by atoms with van der Waals surface area (Å²) < 4.78 is 4.98. The van der Waals surface area contributed by atoms with E-state index in [1.807, 2.05) is 0 Å². The predicted octanol–water partition coefficient (Wildman–Crippen LogP) is 4.43. The summed E-state index contributed by atoms with van der Waals surface area (Å²) in [6, 6.07) is 8.82. The number of ether oxygens (including phenoxy) is 1. The van der Waals surface area contributed by atoms with Crippen LogP contribution in [0.5, 0.6) is 0 Å². The van der Waals surface area contributed by atoms with E-state index >= 15 is 0 Å². The third-order valence-corrected chi connectivity index (χ3v) is 4.47. The maximum atomic E-state index is 12.0. The highest BCUT2D eigenvalue weighted by molar-refractivity contribution is 5.73. The van der Waals surface area contributed by atoms with E-state index in [1.165, 1.54) is 24.7 Å². The van der Waals surface area contributed by atoms with Crippen LogP contribution in [0.3, 0.4) is 0 Å². The van der Waals surface area contributed by atoms with E-state index in [1.54, 1.807) is 0 Å². The molecule has 20 heavy (non-hydrogen) atoms. The topological polar surface area (TPSA) is 26.3 Å². The molecular weight excluding hydrogens is 248 g/mol. The van der Waals surface area contributed by atoms with Crippen LogP contribution in [0, 0.1) is 5.92 Å². The lowest BCUT2D eigenvalue weighted by Gasteiger charge is -2.30. The highest BCUT2D eigenvalue weighted by Crippen LogP contribution is 2.39. The second-order valence-electron chi connectivity index (χ2n) is 6.89. The SMILES string of the molecule is COC(=O)[C@@H]1CCCC[C@@H]1c1ccc(C(C)(C)C)cc1. The van der Waals surface area contributed by atoms with Crippen molar-refractivity contribution in [2.45, 2.75) is 57.8 Å². The van der Waals surface area contributed by atoms with E-state index < -0.39 is 0 Å². The monoisotopic (exact) mass is 274 g/mol. The van der Waals surface area contributed by atoms with Crippen molar-refractivity contribution >= 4 is 5.97 Å². The molecule has 0 aliphatic heterocycles. The summed E-state index contributed by atoms with van der Waals surface area (Å²) >= 11 is 0. The molecule has 2 atom stereocenters. The largest absolute Gasteiger partial charge is 0.469 e. The van der Waals surface area contributed by atoms with E-state index in [0.717, 1.165) is 19.3 Å². The van der Waals surface area contributed by atoms with Crippen LogP contribution in [0.15, 0.2) is 24.3 Å². The Bertz CT molecular complexity index is 453. The number of carbonyl (C=O) groups excluding carboxylic acids is 1. The highest BCUT2D eigenvalue weighted by atomic mass is 16.5. The fourth-order valence-electron chi connectivity index (χ4n) is 3.19. The first-order valence-electron chi connectivity index (χ1n) is 7.62. The number of methoxy groups -OCH3 is 1. The minimum absolute atomic E-state index is 0.0363. The number of hydrogen-bond acceptors (Lipinski definition) is 2.